The predicted octanol–water partition coefficient (Wildman–Crippen LogP) is 3.12. The van der Waals surface area contributed by atoms with Crippen molar-refractivity contribution in [3.63, 3.8) is 0 Å². The Kier molecular flexibility index (Phi) is 2.83. The summed E-state index contributed by atoms with van der Waals surface area (Å²) in [5.74, 6) is -0.189. The summed E-state index contributed by atoms with van der Waals surface area (Å²) in [5.41, 5.74) is 0.995. The molecule has 0 unspecified atom stereocenters. The quantitative estimate of drug-likeness (QED) is 0.926. The molecular formula is C14H11FN2OS2. The number of aliphatic hydroxyl groups excluding tert-OH is 1. The molecule has 1 aromatic heterocycles. The molecule has 2 aromatic rings. The number of rotatable bonds is 2. The van der Waals surface area contributed by atoms with Crippen molar-refractivity contribution in [3.05, 3.63) is 39.9 Å². The third-order valence-electron chi connectivity index (χ3n) is 3.42. The van der Waals surface area contributed by atoms with E-state index in [1.54, 1.807) is 6.07 Å². The third kappa shape index (κ3) is 1.72. The second-order valence-electron chi connectivity index (χ2n) is 4.62. The molecule has 4 rings (SSSR count). The minimum absolute atomic E-state index is 0.00769. The monoisotopic (exact) mass is 306 g/mol. The highest BCUT2D eigenvalue weighted by Crippen LogP contribution is 2.44. The molecule has 0 amide bonds. The largest absolute Gasteiger partial charge is 0.391 e. The average molecular weight is 306 g/mol. The van der Waals surface area contributed by atoms with Gasteiger partial charge in [-0.1, -0.05) is 23.9 Å². The molecule has 1 N–H and O–H groups in total. The van der Waals surface area contributed by atoms with E-state index in [0.29, 0.717) is 4.70 Å². The zero-order valence-corrected chi connectivity index (χ0v) is 12.1. The van der Waals surface area contributed by atoms with E-state index in [2.05, 4.69) is 9.89 Å². The summed E-state index contributed by atoms with van der Waals surface area (Å²) in [5, 5.41) is 11.4. The lowest BCUT2D eigenvalue weighted by molar-refractivity contribution is 0.339. The van der Waals surface area contributed by atoms with Crippen molar-refractivity contribution in [3.8, 4) is 0 Å². The molecule has 0 saturated carbocycles. The maximum Gasteiger partial charge on any atom is 0.168 e. The smallest absolute Gasteiger partial charge is 0.168 e. The average Bonchev–Trinajstić information content (AvgIpc) is 3.10. The summed E-state index contributed by atoms with van der Waals surface area (Å²) >= 11 is 2.95. The zero-order chi connectivity index (χ0) is 13.7. The van der Waals surface area contributed by atoms with Gasteiger partial charge < -0.3 is 10.0 Å². The first-order valence-corrected chi connectivity index (χ1v) is 7.93. The van der Waals surface area contributed by atoms with E-state index in [0.717, 1.165) is 39.1 Å². The SMILES string of the molecule is OCC1=C(c2cc3cccc(F)c3s2)N2CCN=C2S1. The maximum atomic E-state index is 13.8. The van der Waals surface area contributed by atoms with Crippen LogP contribution in [0.4, 0.5) is 4.39 Å². The van der Waals surface area contributed by atoms with Crippen molar-refractivity contribution in [1.29, 1.82) is 0 Å². The molecule has 2 aliphatic heterocycles. The molecule has 102 valence electrons. The Bertz CT molecular complexity index is 766. The van der Waals surface area contributed by atoms with Crippen molar-refractivity contribution in [2.24, 2.45) is 4.99 Å². The zero-order valence-electron chi connectivity index (χ0n) is 10.5. The van der Waals surface area contributed by atoms with Gasteiger partial charge in [-0.05, 0) is 17.5 Å². The number of hydrogen-bond acceptors (Lipinski definition) is 5. The van der Waals surface area contributed by atoms with Crippen LogP contribution in [0.1, 0.15) is 4.88 Å². The van der Waals surface area contributed by atoms with E-state index in [4.69, 9.17) is 0 Å². The van der Waals surface area contributed by atoms with Crippen LogP contribution in [-0.4, -0.2) is 34.9 Å². The number of thioether (sulfide) groups is 1. The van der Waals surface area contributed by atoms with Gasteiger partial charge >= 0.3 is 0 Å². The number of aliphatic imine (C=N–C) groups is 1. The van der Waals surface area contributed by atoms with Gasteiger partial charge in [-0.15, -0.1) is 11.3 Å². The molecular weight excluding hydrogens is 295 g/mol. The Morgan fingerprint density at radius 3 is 3.10 bits per heavy atom. The number of fused-ring (bicyclic) bond motifs is 2. The number of halogens is 1. The summed E-state index contributed by atoms with van der Waals surface area (Å²) in [4.78, 5) is 8.44. The van der Waals surface area contributed by atoms with Crippen molar-refractivity contribution in [1.82, 2.24) is 4.90 Å². The van der Waals surface area contributed by atoms with E-state index < -0.39 is 0 Å². The lowest BCUT2D eigenvalue weighted by Gasteiger charge is -2.15. The van der Waals surface area contributed by atoms with Crippen LogP contribution in [0.3, 0.4) is 0 Å². The lowest BCUT2D eigenvalue weighted by atomic mass is 10.2. The second-order valence-corrected chi connectivity index (χ2v) is 6.73. The summed E-state index contributed by atoms with van der Waals surface area (Å²) in [6.07, 6.45) is 0. The van der Waals surface area contributed by atoms with Crippen molar-refractivity contribution < 1.29 is 9.50 Å². The van der Waals surface area contributed by atoms with E-state index in [1.165, 1.54) is 29.2 Å². The third-order valence-corrected chi connectivity index (χ3v) is 5.69. The van der Waals surface area contributed by atoms with Crippen LogP contribution in [0.2, 0.25) is 0 Å². The lowest BCUT2D eigenvalue weighted by Crippen LogP contribution is -2.19. The number of amidine groups is 1. The highest BCUT2D eigenvalue weighted by atomic mass is 32.2. The summed E-state index contributed by atoms with van der Waals surface area (Å²) < 4.78 is 14.5. The molecule has 0 atom stereocenters. The topological polar surface area (TPSA) is 35.8 Å². The van der Waals surface area contributed by atoms with Crippen LogP contribution < -0.4 is 0 Å². The van der Waals surface area contributed by atoms with Crippen LogP contribution >= 0.6 is 23.1 Å². The Morgan fingerprint density at radius 1 is 1.40 bits per heavy atom. The van der Waals surface area contributed by atoms with Gasteiger partial charge in [0.2, 0.25) is 0 Å². The Hall–Kier alpha value is -1.37. The van der Waals surface area contributed by atoms with Crippen LogP contribution in [0.25, 0.3) is 15.8 Å². The fourth-order valence-corrected chi connectivity index (χ4v) is 4.81. The van der Waals surface area contributed by atoms with Gasteiger partial charge in [-0.2, -0.15) is 0 Å². The molecule has 3 heterocycles. The van der Waals surface area contributed by atoms with Crippen molar-refractivity contribution in [2.75, 3.05) is 19.7 Å². The molecule has 6 heteroatoms. The van der Waals surface area contributed by atoms with Gasteiger partial charge in [0.25, 0.3) is 0 Å². The summed E-state index contributed by atoms with van der Waals surface area (Å²) in [6.45, 7) is 1.61. The fourth-order valence-electron chi connectivity index (χ4n) is 2.55. The molecule has 0 aliphatic carbocycles. The first-order chi connectivity index (χ1) is 9.78. The minimum Gasteiger partial charge on any atom is -0.391 e. The molecule has 0 fully saturated rings. The van der Waals surface area contributed by atoms with Crippen molar-refractivity contribution >= 4 is 44.0 Å². The van der Waals surface area contributed by atoms with Crippen LogP contribution in [0, 0.1) is 5.82 Å². The number of benzene rings is 1. The summed E-state index contributed by atoms with van der Waals surface area (Å²) in [7, 11) is 0. The summed E-state index contributed by atoms with van der Waals surface area (Å²) in [6, 6.07) is 7.12. The fraction of sp³-hybridized carbons (Fsp3) is 0.214. The second kappa shape index (κ2) is 4.58. The van der Waals surface area contributed by atoms with E-state index in [9.17, 15) is 9.50 Å². The number of aliphatic hydroxyl groups is 1. The van der Waals surface area contributed by atoms with Crippen molar-refractivity contribution in [2.45, 2.75) is 0 Å². The van der Waals surface area contributed by atoms with Gasteiger partial charge in [-0.25, -0.2) is 4.39 Å². The van der Waals surface area contributed by atoms with Gasteiger partial charge in [0.05, 0.1) is 28.4 Å². The van der Waals surface area contributed by atoms with E-state index >= 15 is 0 Å². The molecule has 3 nitrogen and oxygen atoms in total. The molecule has 0 radical (unpaired) electrons. The van der Waals surface area contributed by atoms with Crippen LogP contribution in [-0.2, 0) is 0 Å². The standard InChI is InChI=1S/C14H11FN2OS2/c15-9-3-1-2-8-6-10(19-13(8)9)12-11(7-18)20-14-16-4-5-17(12)14/h1-3,6,18H,4-5,7H2. The molecule has 0 saturated heterocycles. The Labute approximate surface area is 123 Å². The molecule has 0 spiro atoms. The van der Waals surface area contributed by atoms with E-state index in [1.807, 2.05) is 12.1 Å². The van der Waals surface area contributed by atoms with Crippen LogP contribution in [0.5, 0.6) is 0 Å². The van der Waals surface area contributed by atoms with Crippen LogP contribution in [0.15, 0.2) is 34.2 Å². The molecule has 1 aromatic carbocycles. The Morgan fingerprint density at radius 2 is 2.30 bits per heavy atom. The first-order valence-electron chi connectivity index (χ1n) is 6.30. The van der Waals surface area contributed by atoms with E-state index in [-0.39, 0.29) is 12.4 Å². The minimum atomic E-state index is -0.189. The maximum absolute atomic E-state index is 13.8. The van der Waals surface area contributed by atoms with Gasteiger partial charge in [-0.3, -0.25) is 4.99 Å². The number of thiophene rings is 1. The van der Waals surface area contributed by atoms with Gasteiger partial charge in [0, 0.05) is 11.4 Å². The number of nitrogens with zero attached hydrogens (tertiary/aromatic N) is 2. The van der Waals surface area contributed by atoms with Gasteiger partial charge in [0.15, 0.2) is 5.17 Å². The Balaban J connectivity index is 1.89. The molecule has 0 bridgehead atoms. The highest BCUT2D eigenvalue weighted by Gasteiger charge is 2.33. The predicted molar refractivity (Wildman–Crippen MR) is 82.4 cm³/mol. The normalized spacial score (nSPS) is 18.1. The highest BCUT2D eigenvalue weighted by molar-refractivity contribution is 8.17. The van der Waals surface area contributed by atoms with Gasteiger partial charge in [0.1, 0.15) is 5.82 Å². The first kappa shape index (κ1) is 12.4. The molecule has 20 heavy (non-hydrogen) atoms. The molecule has 2 aliphatic rings. The number of hydrogen-bond donors (Lipinski definition) is 1.